The van der Waals surface area contributed by atoms with E-state index in [0.29, 0.717) is 5.89 Å². The average Bonchev–Trinajstić information content (AvgIpc) is 3.84. The van der Waals surface area contributed by atoms with Crippen LogP contribution in [0.25, 0.3) is 82.7 Å². The fourth-order valence-corrected chi connectivity index (χ4v) is 8.28. The normalized spacial score (nSPS) is 11.6. The monoisotopic (exact) mass is 703 g/mol. The lowest BCUT2D eigenvalue weighted by molar-refractivity contribution is 0.623. The lowest BCUT2D eigenvalue weighted by Gasteiger charge is -2.27. The van der Waals surface area contributed by atoms with Gasteiger partial charge in [-0.25, -0.2) is 4.98 Å². The van der Waals surface area contributed by atoms with Crippen LogP contribution in [0, 0.1) is 0 Å². The fourth-order valence-electron chi connectivity index (χ4n) is 8.28. The van der Waals surface area contributed by atoms with Gasteiger partial charge in [-0.3, -0.25) is 0 Å². The second kappa shape index (κ2) is 12.6. The summed E-state index contributed by atoms with van der Waals surface area (Å²) in [5.74, 6) is 0.610. The lowest BCUT2D eigenvalue weighted by atomic mass is 9.98. The van der Waals surface area contributed by atoms with Gasteiger partial charge in [0.25, 0.3) is 0 Å². The highest BCUT2D eigenvalue weighted by atomic mass is 16.3. The molecule has 9 aromatic carbocycles. The maximum Gasteiger partial charge on any atom is 0.227 e. The van der Waals surface area contributed by atoms with Crippen LogP contribution in [0.5, 0.6) is 0 Å². The maximum atomic E-state index is 6.69. The van der Waals surface area contributed by atoms with Crippen LogP contribution in [-0.2, 0) is 0 Å². The molecule has 0 unspecified atom stereocenters. The average molecular weight is 704 g/mol. The minimum atomic E-state index is 0.610. The number of fused-ring (bicyclic) bond motifs is 7. The fraction of sp³-hybridized carbons (Fsp3) is 0. The highest BCUT2D eigenvalue weighted by molar-refractivity contribution is 6.14. The zero-order valence-electron chi connectivity index (χ0n) is 29.8. The quantitative estimate of drug-likeness (QED) is 0.173. The molecule has 0 saturated heterocycles. The predicted octanol–water partition coefficient (Wildman–Crippen LogP) is 14.0. The minimum Gasteiger partial charge on any atom is -0.435 e. The third-order valence-corrected chi connectivity index (χ3v) is 10.8. The van der Waals surface area contributed by atoms with Crippen LogP contribution in [0.15, 0.2) is 205 Å². The van der Waals surface area contributed by atoms with E-state index in [1.54, 1.807) is 0 Å². The Morgan fingerprint density at radius 1 is 0.455 bits per heavy atom. The number of aromatic nitrogens is 2. The van der Waals surface area contributed by atoms with Crippen molar-refractivity contribution in [2.75, 3.05) is 4.90 Å². The van der Waals surface area contributed by atoms with E-state index in [9.17, 15) is 0 Å². The summed E-state index contributed by atoms with van der Waals surface area (Å²) < 4.78 is 9.05. The zero-order chi connectivity index (χ0) is 36.3. The Bertz CT molecular complexity index is 3190. The number of rotatable bonds is 6. The molecule has 2 heterocycles. The largest absolute Gasteiger partial charge is 0.435 e. The Labute approximate surface area is 317 Å². The van der Waals surface area contributed by atoms with E-state index in [1.165, 1.54) is 38.2 Å². The molecule has 0 fully saturated rings. The van der Waals surface area contributed by atoms with Crippen LogP contribution < -0.4 is 4.90 Å². The third kappa shape index (κ3) is 5.11. The van der Waals surface area contributed by atoms with Gasteiger partial charge in [-0.15, -0.1) is 0 Å². The Kier molecular flexibility index (Phi) is 7.14. The SMILES string of the molecule is c1ccc(-c2nc3ccc4cccc(N(c5ccc(-c6cccc7ccccc67)cc5)c5ccc6c(c5)c5ccccc5n6-c5ccccc5)c4c3o2)cc1. The molecule has 0 bridgehead atoms. The summed E-state index contributed by atoms with van der Waals surface area (Å²) in [7, 11) is 0. The molecule has 0 aliphatic heterocycles. The molecule has 2 aromatic heterocycles. The molecule has 258 valence electrons. The van der Waals surface area contributed by atoms with Gasteiger partial charge in [-0.2, -0.15) is 0 Å². The third-order valence-electron chi connectivity index (χ3n) is 10.8. The first-order valence-corrected chi connectivity index (χ1v) is 18.6. The van der Waals surface area contributed by atoms with E-state index in [-0.39, 0.29) is 0 Å². The molecule has 0 aliphatic rings. The topological polar surface area (TPSA) is 34.2 Å². The Balaban J connectivity index is 1.15. The van der Waals surface area contributed by atoms with Gasteiger partial charge in [0.05, 0.1) is 22.1 Å². The Morgan fingerprint density at radius 2 is 1.13 bits per heavy atom. The van der Waals surface area contributed by atoms with E-state index < -0.39 is 0 Å². The molecule has 0 aliphatic carbocycles. The second-order valence-electron chi connectivity index (χ2n) is 14.0. The Hall–Kier alpha value is -7.43. The molecular weight excluding hydrogens is 671 g/mol. The molecule has 11 aromatic rings. The number of hydrogen-bond donors (Lipinski definition) is 0. The first-order chi connectivity index (χ1) is 27.3. The van der Waals surface area contributed by atoms with Crippen LogP contribution >= 0.6 is 0 Å². The summed E-state index contributed by atoms with van der Waals surface area (Å²) in [6, 6.07) is 71.0. The van der Waals surface area contributed by atoms with Gasteiger partial charge < -0.3 is 13.9 Å². The van der Waals surface area contributed by atoms with Crippen LogP contribution in [-0.4, -0.2) is 9.55 Å². The molecular formula is C51H33N3O. The van der Waals surface area contributed by atoms with E-state index in [0.717, 1.165) is 55.7 Å². The maximum absolute atomic E-state index is 6.69. The van der Waals surface area contributed by atoms with Gasteiger partial charge >= 0.3 is 0 Å². The summed E-state index contributed by atoms with van der Waals surface area (Å²) in [4.78, 5) is 7.34. The van der Waals surface area contributed by atoms with Crippen molar-refractivity contribution < 1.29 is 4.42 Å². The second-order valence-corrected chi connectivity index (χ2v) is 14.0. The zero-order valence-corrected chi connectivity index (χ0v) is 29.8. The van der Waals surface area contributed by atoms with Crippen molar-refractivity contribution in [1.29, 1.82) is 0 Å². The van der Waals surface area contributed by atoms with Crippen molar-refractivity contribution in [3.63, 3.8) is 0 Å². The first-order valence-electron chi connectivity index (χ1n) is 18.6. The summed E-state index contributed by atoms with van der Waals surface area (Å²) in [6.07, 6.45) is 0. The summed E-state index contributed by atoms with van der Waals surface area (Å²) >= 11 is 0. The van der Waals surface area contributed by atoms with Crippen molar-refractivity contribution in [2.45, 2.75) is 0 Å². The van der Waals surface area contributed by atoms with Crippen LogP contribution in [0.1, 0.15) is 0 Å². The van der Waals surface area contributed by atoms with Gasteiger partial charge in [0.15, 0.2) is 5.58 Å². The van der Waals surface area contributed by atoms with Crippen LogP contribution in [0.4, 0.5) is 17.1 Å². The number of benzene rings is 9. The summed E-state index contributed by atoms with van der Waals surface area (Å²) in [5, 5.41) is 6.96. The number of hydrogen-bond acceptors (Lipinski definition) is 3. The molecule has 4 heteroatoms. The van der Waals surface area contributed by atoms with Crippen LogP contribution in [0.3, 0.4) is 0 Å². The van der Waals surface area contributed by atoms with Crippen molar-refractivity contribution in [1.82, 2.24) is 9.55 Å². The number of anilines is 3. The molecule has 0 radical (unpaired) electrons. The van der Waals surface area contributed by atoms with Gasteiger partial charge in [0.2, 0.25) is 5.89 Å². The Morgan fingerprint density at radius 3 is 1.98 bits per heavy atom. The van der Waals surface area contributed by atoms with Gasteiger partial charge in [0, 0.05) is 33.4 Å². The predicted molar refractivity (Wildman–Crippen MR) is 229 cm³/mol. The standard InChI is InChI=1S/C51H33N3O/c1-3-14-37(15-4-1)51-52-45-31-27-36-17-12-24-48(49(36)50(45)55-51)53(39-28-25-35(26-29-39)42-22-11-16-34-13-7-8-20-41(34)42)40-30-32-47-44(33-40)43-21-9-10-23-46(43)54(47)38-18-5-2-6-19-38/h1-33H. The number of nitrogens with zero attached hydrogens (tertiary/aromatic N) is 3. The highest BCUT2D eigenvalue weighted by Gasteiger charge is 2.22. The number of oxazole rings is 1. The molecule has 4 nitrogen and oxygen atoms in total. The molecule has 11 rings (SSSR count). The molecule has 0 atom stereocenters. The summed E-state index contributed by atoms with van der Waals surface area (Å²) in [6.45, 7) is 0. The minimum absolute atomic E-state index is 0.610. The molecule has 0 spiro atoms. The molecule has 0 saturated carbocycles. The lowest BCUT2D eigenvalue weighted by Crippen LogP contribution is -2.10. The van der Waals surface area contributed by atoms with Crippen molar-refractivity contribution >= 4 is 71.5 Å². The first kappa shape index (κ1) is 31.1. The number of para-hydroxylation sites is 2. The van der Waals surface area contributed by atoms with E-state index >= 15 is 0 Å². The molecule has 55 heavy (non-hydrogen) atoms. The van der Waals surface area contributed by atoms with Crippen molar-refractivity contribution in [3.05, 3.63) is 200 Å². The van der Waals surface area contributed by atoms with Crippen LogP contribution in [0.2, 0.25) is 0 Å². The highest BCUT2D eigenvalue weighted by Crippen LogP contribution is 2.45. The van der Waals surface area contributed by atoms with Gasteiger partial charge in [0.1, 0.15) is 5.52 Å². The smallest absolute Gasteiger partial charge is 0.227 e. The van der Waals surface area contributed by atoms with Crippen molar-refractivity contribution in [2.24, 2.45) is 0 Å². The molecule has 0 N–H and O–H groups in total. The van der Waals surface area contributed by atoms with Gasteiger partial charge in [-0.05, 0) is 100 Å². The van der Waals surface area contributed by atoms with E-state index in [2.05, 4.69) is 179 Å². The van der Waals surface area contributed by atoms with Crippen molar-refractivity contribution in [3.8, 4) is 28.3 Å². The molecule has 0 amide bonds. The van der Waals surface area contributed by atoms with E-state index in [4.69, 9.17) is 9.40 Å². The van der Waals surface area contributed by atoms with Gasteiger partial charge in [-0.1, -0.05) is 127 Å². The summed E-state index contributed by atoms with van der Waals surface area (Å²) in [5.41, 5.74) is 11.5. The van der Waals surface area contributed by atoms with E-state index in [1.807, 2.05) is 30.3 Å².